The first-order chi connectivity index (χ1) is 9.58. The summed E-state index contributed by atoms with van der Waals surface area (Å²) in [4.78, 5) is 4.39. The fraction of sp³-hybridized carbons (Fsp3) is 0.133. The quantitative estimate of drug-likeness (QED) is 0.551. The maximum atomic E-state index is 14.0. The van der Waals surface area contributed by atoms with Gasteiger partial charge in [-0.15, -0.1) is 0 Å². The van der Waals surface area contributed by atoms with E-state index >= 15 is 0 Å². The van der Waals surface area contributed by atoms with Crippen molar-refractivity contribution in [2.24, 2.45) is 0 Å². The number of benzene rings is 2. The van der Waals surface area contributed by atoms with Gasteiger partial charge in [0.05, 0.1) is 10.0 Å². The maximum Gasteiger partial charge on any atom is 0.230 e. The van der Waals surface area contributed by atoms with Crippen LogP contribution in [-0.4, -0.2) is 4.98 Å². The highest BCUT2D eigenvalue weighted by molar-refractivity contribution is 9.11. The van der Waals surface area contributed by atoms with Gasteiger partial charge in [0.25, 0.3) is 0 Å². The minimum atomic E-state index is -0.363. The zero-order valence-electron chi connectivity index (χ0n) is 10.6. The topological polar surface area (TPSA) is 26.0 Å². The SMILES string of the molecule is CCc1cc(Br)c2oc(-c3ccc(Br)cc3F)nc2c1. The number of halogens is 3. The summed E-state index contributed by atoms with van der Waals surface area (Å²) in [6, 6.07) is 8.77. The molecule has 2 aromatic carbocycles. The van der Waals surface area contributed by atoms with Crippen LogP contribution >= 0.6 is 31.9 Å². The highest BCUT2D eigenvalue weighted by Gasteiger charge is 2.15. The van der Waals surface area contributed by atoms with Crippen LogP contribution < -0.4 is 0 Å². The average molecular weight is 399 g/mol. The van der Waals surface area contributed by atoms with Crippen molar-refractivity contribution in [2.45, 2.75) is 13.3 Å². The molecule has 0 fully saturated rings. The highest BCUT2D eigenvalue weighted by Crippen LogP contribution is 2.32. The minimum Gasteiger partial charge on any atom is -0.435 e. The molecule has 0 N–H and O–H groups in total. The molecule has 0 amide bonds. The summed E-state index contributed by atoms with van der Waals surface area (Å²) < 4.78 is 21.2. The van der Waals surface area contributed by atoms with Crippen LogP contribution in [0.25, 0.3) is 22.6 Å². The summed E-state index contributed by atoms with van der Waals surface area (Å²) in [7, 11) is 0. The number of rotatable bonds is 2. The summed E-state index contributed by atoms with van der Waals surface area (Å²) in [6.07, 6.45) is 0.906. The Kier molecular flexibility index (Phi) is 3.65. The van der Waals surface area contributed by atoms with Crippen molar-refractivity contribution in [2.75, 3.05) is 0 Å². The molecule has 3 aromatic rings. The first-order valence-electron chi connectivity index (χ1n) is 6.13. The fourth-order valence-corrected chi connectivity index (χ4v) is 2.94. The molecule has 0 aliphatic heterocycles. The van der Waals surface area contributed by atoms with E-state index in [0.717, 1.165) is 22.0 Å². The van der Waals surface area contributed by atoms with E-state index in [2.05, 4.69) is 43.8 Å². The van der Waals surface area contributed by atoms with Gasteiger partial charge in [-0.2, -0.15) is 0 Å². The number of aryl methyl sites for hydroxylation is 1. The van der Waals surface area contributed by atoms with Crippen LogP contribution in [0.2, 0.25) is 0 Å². The Morgan fingerprint density at radius 1 is 1.20 bits per heavy atom. The van der Waals surface area contributed by atoms with Crippen molar-refractivity contribution in [3.05, 3.63) is 50.7 Å². The van der Waals surface area contributed by atoms with Gasteiger partial charge in [0.1, 0.15) is 11.3 Å². The monoisotopic (exact) mass is 397 g/mol. The van der Waals surface area contributed by atoms with Gasteiger partial charge in [-0.05, 0) is 58.2 Å². The van der Waals surface area contributed by atoms with Crippen LogP contribution in [0.15, 0.2) is 43.7 Å². The predicted octanol–water partition coefficient (Wildman–Crippen LogP) is 5.72. The van der Waals surface area contributed by atoms with Gasteiger partial charge >= 0.3 is 0 Å². The Hall–Kier alpha value is -1.20. The molecule has 0 aliphatic rings. The van der Waals surface area contributed by atoms with Gasteiger partial charge in [0, 0.05) is 4.47 Å². The molecular weight excluding hydrogens is 389 g/mol. The number of aromatic nitrogens is 1. The summed E-state index contributed by atoms with van der Waals surface area (Å²) in [6.45, 7) is 2.07. The molecule has 1 aromatic heterocycles. The molecule has 0 saturated heterocycles. The van der Waals surface area contributed by atoms with E-state index in [4.69, 9.17) is 4.42 Å². The number of oxazole rings is 1. The molecule has 102 valence electrons. The van der Waals surface area contributed by atoms with Crippen molar-refractivity contribution in [3.63, 3.8) is 0 Å². The van der Waals surface area contributed by atoms with Gasteiger partial charge in [-0.25, -0.2) is 9.37 Å². The first kappa shape index (κ1) is 13.8. The second-order valence-corrected chi connectivity index (χ2v) is 6.19. The number of nitrogens with zero attached hydrogens (tertiary/aromatic N) is 1. The van der Waals surface area contributed by atoms with Crippen LogP contribution in [0.5, 0.6) is 0 Å². The van der Waals surface area contributed by atoms with E-state index in [1.165, 1.54) is 6.07 Å². The molecule has 1 heterocycles. The largest absolute Gasteiger partial charge is 0.435 e. The molecule has 0 spiro atoms. The van der Waals surface area contributed by atoms with E-state index in [0.29, 0.717) is 21.5 Å². The molecule has 0 saturated carbocycles. The third-order valence-corrected chi connectivity index (χ3v) is 4.16. The Bertz CT molecular complexity index is 798. The molecule has 2 nitrogen and oxygen atoms in total. The molecule has 0 unspecified atom stereocenters. The van der Waals surface area contributed by atoms with Crippen molar-refractivity contribution in [3.8, 4) is 11.5 Å². The fourth-order valence-electron chi connectivity index (χ4n) is 2.03. The molecule has 5 heteroatoms. The molecule has 0 atom stereocenters. The predicted molar refractivity (Wildman–Crippen MR) is 84.2 cm³/mol. The van der Waals surface area contributed by atoms with Gasteiger partial charge in [-0.3, -0.25) is 0 Å². The minimum absolute atomic E-state index is 0.291. The molecule has 3 rings (SSSR count). The molecule has 0 aliphatic carbocycles. The standard InChI is InChI=1S/C15H10Br2FNO/c1-2-8-5-11(17)14-13(6-8)19-15(20-14)10-4-3-9(16)7-12(10)18/h3-7H,2H2,1H3. The third-order valence-electron chi connectivity index (χ3n) is 3.07. The van der Waals surface area contributed by atoms with Crippen molar-refractivity contribution in [1.82, 2.24) is 4.98 Å². The van der Waals surface area contributed by atoms with E-state index in [-0.39, 0.29) is 5.82 Å². The number of fused-ring (bicyclic) bond motifs is 1. The van der Waals surface area contributed by atoms with E-state index in [1.54, 1.807) is 12.1 Å². The Balaban J connectivity index is 2.20. The van der Waals surface area contributed by atoms with Crippen molar-refractivity contribution < 1.29 is 8.81 Å². The lowest BCUT2D eigenvalue weighted by Gasteiger charge is -1.98. The van der Waals surface area contributed by atoms with Gasteiger partial charge < -0.3 is 4.42 Å². The summed E-state index contributed by atoms with van der Waals surface area (Å²) in [5.41, 5.74) is 2.88. The van der Waals surface area contributed by atoms with Crippen LogP contribution in [0.1, 0.15) is 12.5 Å². The summed E-state index contributed by atoms with van der Waals surface area (Å²) in [5.74, 6) is -0.0725. The number of hydrogen-bond donors (Lipinski definition) is 0. The Morgan fingerprint density at radius 3 is 2.70 bits per heavy atom. The Labute approximate surface area is 132 Å². The first-order valence-corrected chi connectivity index (χ1v) is 7.71. The second-order valence-electron chi connectivity index (χ2n) is 4.42. The van der Waals surface area contributed by atoms with E-state index in [1.807, 2.05) is 12.1 Å². The van der Waals surface area contributed by atoms with Crippen LogP contribution in [0, 0.1) is 5.82 Å². The van der Waals surface area contributed by atoms with Crippen molar-refractivity contribution >= 4 is 43.0 Å². The lowest BCUT2D eigenvalue weighted by atomic mass is 10.1. The zero-order chi connectivity index (χ0) is 14.3. The lowest BCUT2D eigenvalue weighted by Crippen LogP contribution is -1.84. The normalized spacial score (nSPS) is 11.2. The van der Waals surface area contributed by atoms with Crippen LogP contribution in [0.3, 0.4) is 0 Å². The van der Waals surface area contributed by atoms with Gasteiger partial charge in [-0.1, -0.05) is 22.9 Å². The van der Waals surface area contributed by atoms with Crippen LogP contribution in [-0.2, 0) is 6.42 Å². The molecule has 0 bridgehead atoms. The third kappa shape index (κ3) is 2.40. The Morgan fingerprint density at radius 2 is 2.00 bits per heavy atom. The van der Waals surface area contributed by atoms with E-state index in [9.17, 15) is 4.39 Å². The summed E-state index contributed by atoms with van der Waals surface area (Å²) >= 11 is 6.70. The van der Waals surface area contributed by atoms with E-state index < -0.39 is 0 Å². The van der Waals surface area contributed by atoms with Crippen molar-refractivity contribution in [1.29, 1.82) is 0 Å². The highest BCUT2D eigenvalue weighted by atomic mass is 79.9. The average Bonchev–Trinajstić information content (AvgIpc) is 2.82. The van der Waals surface area contributed by atoms with Gasteiger partial charge in [0.15, 0.2) is 5.58 Å². The van der Waals surface area contributed by atoms with Gasteiger partial charge in [0.2, 0.25) is 5.89 Å². The zero-order valence-corrected chi connectivity index (χ0v) is 13.8. The molecule has 0 radical (unpaired) electrons. The van der Waals surface area contributed by atoms with Crippen LogP contribution in [0.4, 0.5) is 4.39 Å². The summed E-state index contributed by atoms with van der Waals surface area (Å²) in [5, 5.41) is 0. The number of hydrogen-bond acceptors (Lipinski definition) is 2. The lowest BCUT2D eigenvalue weighted by molar-refractivity contribution is 0.592. The maximum absolute atomic E-state index is 14.0. The smallest absolute Gasteiger partial charge is 0.230 e. The molecule has 20 heavy (non-hydrogen) atoms. The molecular formula is C15H10Br2FNO. The second kappa shape index (κ2) is 5.30.